The summed E-state index contributed by atoms with van der Waals surface area (Å²) in [6, 6.07) is 0. The highest BCUT2D eigenvalue weighted by Gasteiger charge is 2.30. The van der Waals surface area contributed by atoms with Crippen LogP contribution in [0.25, 0.3) is 0 Å². The molecule has 0 heterocycles. The highest BCUT2D eigenvalue weighted by molar-refractivity contribution is 4.82. The summed E-state index contributed by atoms with van der Waals surface area (Å²) < 4.78 is 0. The summed E-state index contributed by atoms with van der Waals surface area (Å²) in [6.07, 6.45) is 32.3. The molecule has 0 radical (unpaired) electrons. The summed E-state index contributed by atoms with van der Waals surface area (Å²) >= 11 is 0. The molecule has 0 spiro atoms. The zero-order valence-electron chi connectivity index (χ0n) is 19.9. The Labute approximate surface area is 183 Å². The second-order valence-electron chi connectivity index (χ2n) is 11.4. The molecule has 3 aliphatic rings. The molecule has 0 unspecified atom stereocenters. The summed E-state index contributed by atoms with van der Waals surface area (Å²) in [5, 5.41) is 0. The topological polar surface area (TPSA) is 0 Å². The molecule has 0 saturated heterocycles. The summed E-state index contributed by atoms with van der Waals surface area (Å²) in [6.45, 7) is 6.25. The Bertz CT molecular complexity index is 413. The van der Waals surface area contributed by atoms with Crippen LogP contribution in [0.2, 0.25) is 0 Å². The fourth-order valence-corrected chi connectivity index (χ4v) is 7.33. The molecule has 168 valence electrons. The van der Waals surface area contributed by atoms with Gasteiger partial charge in [-0.3, -0.25) is 0 Å². The molecule has 3 aliphatic carbocycles. The van der Waals surface area contributed by atoms with Crippen molar-refractivity contribution in [3.63, 3.8) is 0 Å². The van der Waals surface area contributed by atoms with Gasteiger partial charge >= 0.3 is 0 Å². The predicted octanol–water partition coefficient (Wildman–Crippen LogP) is 9.73. The average Bonchev–Trinajstić information content (AvgIpc) is 2.77. The average molecular weight is 401 g/mol. The van der Waals surface area contributed by atoms with E-state index in [2.05, 4.69) is 19.6 Å². The van der Waals surface area contributed by atoms with Crippen molar-refractivity contribution >= 4 is 0 Å². The Kier molecular flexibility index (Phi) is 10.7. The Morgan fingerprint density at radius 1 is 0.552 bits per heavy atom. The molecule has 0 aromatic carbocycles. The van der Waals surface area contributed by atoms with E-state index in [9.17, 15) is 0 Å². The lowest BCUT2D eigenvalue weighted by atomic mass is 9.68. The fraction of sp³-hybridized carbons (Fsp3) is 0.931. The summed E-state index contributed by atoms with van der Waals surface area (Å²) in [5.41, 5.74) is 0. The zero-order valence-corrected chi connectivity index (χ0v) is 19.9. The van der Waals surface area contributed by atoms with Gasteiger partial charge in [-0.15, -0.1) is 6.58 Å². The quantitative estimate of drug-likeness (QED) is 0.239. The molecule has 0 N–H and O–H groups in total. The van der Waals surface area contributed by atoms with Gasteiger partial charge in [-0.2, -0.15) is 0 Å². The maximum Gasteiger partial charge on any atom is -0.0351 e. The molecular formula is C29H52. The van der Waals surface area contributed by atoms with Crippen molar-refractivity contribution in [2.45, 2.75) is 135 Å². The Balaban J connectivity index is 1.20. The van der Waals surface area contributed by atoms with Gasteiger partial charge in [-0.1, -0.05) is 103 Å². The summed E-state index contributed by atoms with van der Waals surface area (Å²) in [4.78, 5) is 0. The first-order chi connectivity index (χ1) is 14.3. The van der Waals surface area contributed by atoms with E-state index in [1.807, 2.05) is 0 Å². The Hall–Kier alpha value is -0.260. The van der Waals surface area contributed by atoms with E-state index in [4.69, 9.17) is 0 Å². The molecule has 0 aliphatic heterocycles. The monoisotopic (exact) mass is 400 g/mol. The Morgan fingerprint density at radius 2 is 0.931 bits per heavy atom. The van der Waals surface area contributed by atoms with Gasteiger partial charge in [0.2, 0.25) is 0 Å². The van der Waals surface area contributed by atoms with E-state index in [1.54, 1.807) is 57.8 Å². The molecule has 3 saturated carbocycles. The van der Waals surface area contributed by atoms with Crippen LogP contribution in [0.3, 0.4) is 0 Å². The van der Waals surface area contributed by atoms with Crippen LogP contribution in [0, 0.1) is 35.5 Å². The highest BCUT2D eigenvalue weighted by Crippen LogP contribution is 2.43. The molecule has 0 aromatic rings. The Morgan fingerprint density at radius 3 is 1.34 bits per heavy atom. The molecular weight excluding hydrogens is 348 g/mol. The SMILES string of the molecule is C=CCCC1CCC(CCCCC2CCC(C3CCC(CCC)CC3)CC2)CC1. The number of allylic oxidation sites excluding steroid dienone is 1. The van der Waals surface area contributed by atoms with Crippen molar-refractivity contribution in [2.75, 3.05) is 0 Å². The molecule has 0 heteroatoms. The van der Waals surface area contributed by atoms with E-state index in [0.717, 1.165) is 35.5 Å². The maximum absolute atomic E-state index is 3.88. The first-order valence-electron chi connectivity index (χ1n) is 13.9. The minimum atomic E-state index is 1.01. The van der Waals surface area contributed by atoms with E-state index >= 15 is 0 Å². The van der Waals surface area contributed by atoms with Gasteiger partial charge in [0.05, 0.1) is 0 Å². The van der Waals surface area contributed by atoms with Crippen LogP contribution in [0.5, 0.6) is 0 Å². The summed E-state index contributed by atoms with van der Waals surface area (Å²) in [5.74, 6) is 6.44. The zero-order chi connectivity index (χ0) is 20.3. The van der Waals surface area contributed by atoms with Crippen LogP contribution in [0.1, 0.15) is 135 Å². The van der Waals surface area contributed by atoms with Crippen molar-refractivity contribution in [1.82, 2.24) is 0 Å². The van der Waals surface area contributed by atoms with Crippen molar-refractivity contribution < 1.29 is 0 Å². The van der Waals surface area contributed by atoms with Crippen molar-refractivity contribution in [1.29, 1.82) is 0 Å². The normalized spacial score (nSPS) is 36.0. The highest BCUT2D eigenvalue weighted by atomic mass is 14.4. The van der Waals surface area contributed by atoms with E-state index in [1.165, 1.54) is 70.6 Å². The second-order valence-corrected chi connectivity index (χ2v) is 11.4. The van der Waals surface area contributed by atoms with Gasteiger partial charge in [0.15, 0.2) is 0 Å². The van der Waals surface area contributed by atoms with Crippen molar-refractivity contribution in [3.8, 4) is 0 Å². The van der Waals surface area contributed by atoms with Crippen molar-refractivity contribution in [2.24, 2.45) is 35.5 Å². The fourth-order valence-electron chi connectivity index (χ4n) is 7.33. The second kappa shape index (κ2) is 13.2. The predicted molar refractivity (Wildman–Crippen MR) is 129 cm³/mol. The van der Waals surface area contributed by atoms with Gasteiger partial charge in [0, 0.05) is 0 Å². The minimum absolute atomic E-state index is 1.01. The lowest BCUT2D eigenvalue weighted by Crippen LogP contribution is -2.25. The molecule has 0 amide bonds. The van der Waals surface area contributed by atoms with Gasteiger partial charge in [0.1, 0.15) is 0 Å². The maximum atomic E-state index is 3.88. The molecule has 0 bridgehead atoms. The van der Waals surface area contributed by atoms with Crippen LogP contribution in [0.15, 0.2) is 12.7 Å². The number of unbranched alkanes of at least 4 members (excludes halogenated alkanes) is 1. The molecule has 3 fully saturated rings. The molecule has 29 heavy (non-hydrogen) atoms. The third-order valence-electron chi connectivity index (χ3n) is 9.37. The van der Waals surface area contributed by atoms with Crippen LogP contribution in [-0.2, 0) is 0 Å². The van der Waals surface area contributed by atoms with Crippen LogP contribution < -0.4 is 0 Å². The van der Waals surface area contributed by atoms with E-state index < -0.39 is 0 Å². The third-order valence-corrected chi connectivity index (χ3v) is 9.37. The van der Waals surface area contributed by atoms with Gasteiger partial charge in [-0.05, 0) is 74.0 Å². The molecule has 3 rings (SSSR count). The van der Waals surface area contributed by atoms with Gasteiger partial charge in [-0.25, -0.2) is 0 Å². The molecule has 0 nitrogen and oxygen atoms in total. The largest absolute Gasteiger partial charge is 0.103 e. The molecule has 0 atom stereocenters. The van der Waals surface area contributed by atoms with Gasteiger partial charge < -0.3 is 0 Å². The lowest BCUT2D eigenvalue weighted by Gasteiger charge is -2.38. The number of rotatable bonds is 11. The van der Waals surface area contributed by atoms with Gasteiger partial charge in [0.25, 0.3) is 0 Å². The van der Waals surface area contributed by atoms with E-state index in [0.29, 0.717) is 0 Å². The molecule has 0 aromatic heterocycles. The third kappa shape index (κ3) is 8.06. The van der Waals surface area contributed by atoms with Crippen LogP contribution >= 0.6 is 0 Å². The smallest absolute Gasteiger partial charge is 0.0351 e. The summed E-state index contributed by atoms with van der Waals surface area (Å²) in [7, 11) is 0. The number of hydrogen-bond acceptors (Lipinski definition) is 0. The van der Waals surface area contributed by atoms with Crippen molar-refractivity contribution in [3.05, 3.63) is 12.7 Å². The lowest BCUT2D eigenvalue weighted by molar-refractivity contribution is 0.140. The van der Waals surface area contributed by atoms with Crippen LogP contribution in [-0.4, -0.2) is 0 Å². The first-order valence-corrected chi connectivity index (χ1v) is 13.9. The van der Waals surface area contributed by atoms with E-state index in [-0.39, 0.29) is 0 Å². The minimum Gasteiger partial charge on any atom is -0.103 e. The standard InChI is InChI=1S/C29H52/c1-3-5-9-25-12-14-26(15-13-25)10-6-7-11-27-18-22-29(23-19-27)28-20-16-24(8-4-2)17-21-28/h3,24-29H,1,4-23H2,2H3. The number of hydrogen-bond donors (Lipinski definition) is 0. The van der Waals surface area contributed by atoms with Crippen LogP contribution in [0.4, 0.5) is 0 Å². The first kappa shape index (κ1) is 23.4.